The van der Waals surface area contributed by atoms with Crippen LogP contribution in [0.3, 0.4) is 0 Å². The van der Waals surface area contributed by atoms with Gasteiger partial charge in [0, 0.05) is 24.9 Å². The molecule has 0 aliphatic heterocycles. The number of halogens is 1. The van der Waals surface area contributed by atoms with Gasteiger partial charge in [0.05, 0.1) is 10.6 Å². The number of nitrogens with one attached hydrogen (secondary N) is 1. The third kappa shape index (κ3) is 8.03. The lowest BCUT2D eigenvalue weighted by Gasteiger charge is -2.33. The molecular formula is C33H34FN3O4S2. The summed E-state index contributed by atoms with van der Waals surface area (Å²) in [5.41, 5.74) is 2.66. The van der Waals surface area contributed by atoms with Crippen molar-refractivity contribution >= 4 is 39.3 Å². The molecule has 0 radical (unpaired) electrons. The zero-order valence-electron chi connectivity index (χ0n) is 24.2. The number of aryl methyl sites for hydroxylation is 1. The van der Waals surface area contributed by atoms with Crippen LogP contribution in [0.25, 0.3) is 0 Å². The third-order valence-electron chi connectivity index (χ3n) is 7.03. The zero-order valence-corrected chi connectivity index (χ0v) is 25.9. The van der Waals surface area contributed by atoms with Crippen molar-refractivity contribution in [3.05, 3.63) is 126 Å². The van der Waals surface area contributed by atoms with Crippen LogP contribution in [0.2, 0.25) is 0 Å². The Balaban J connectivity index is 1.77. The molecule has 4 aromatic rings. The molecule has 0 spiro atoms. The molecule has 4 rings (SSSR count). The number of carbonyl (C=O) groups is 2. The first-order valence-electron chi connectivity index (χ1n) is 13.6. The lowest BCUT2D eigenvalue weighted by molar-refractivity contribution is -0.139. The van der Waals surface area contributed by atoms with Crippen molar-refractivity contribution in [1.82, 2.24) is 10.2 Å². The minimum atomic E-state index is -4.18. The molecule has 2 amide bonds. The molecule has 4 aromatic carbocycles. The van der Waals surface area contributed by atoms with Crippen molar-refractivity contribution in [3.8, 4) is 0 Å². The number of anilines is 1. The predicted molar refractivity (Wildman–Crippen MR) is 169 cm³/mol. The summed E-state index contributed by atoms with van der Waals surface area (Å²) in [5, 5.41) is 2.65. The fourth-order valence-corrected chi connectivity index (χ4v) is 6.44. The Morgan fingerprint density at radius 2 is 1.49 bits per heavy atom. The van der Waals surface area contributed by atoms with Gasteiger partial charge in [-0.05, 0) is 72.8 Å². The minimum Gasteiger partial charge on any atom is -0.357 e. The summed E-state index contributed by atoms with van der Waals surface area (Å²) in [5.74, 6) is -1.42. The molecule has 0 saturated carbocycles. The normalized spacial score (nSPS) is 11.9. The first-order valence-corrected chi connectivity index (χ1v) is 16.3. The maximum atomic E-state index is 14.3. The Kier molecular flexibility index (Phi) is 10.6. The number of nitrogens with zero attached hydrogens (tertiary/aromatic N) is 2. The van der Waals surface area contributed by atoms with E-state index in [1.54, 1.807) is 48.5 Å². The molecule has 0 heterocycles. The van der Waals surface area contributed by atoms with Crippen molar-refractivity contribution in [2.75, 3.05) is 24.2 Å². The number of rotatable bonds is 12. The smallest absolute Gasteiger partial charge is 0.264 e. The zero-order chi connectivity index (χ0) is 31.0. The van der Waals surface area contributed by atoms with Gasteiger partial charge in [0.25, 0.3) is 10.0 Å². The van der Waals surface area contributed by atoms with Gasteiger partial charge in [0.1, 0.15) is 18.4 Å². The summed E-state index contributed by atoms with van der Waals surface area (Å²) in [6, 6.07) is 27.3. The van der Waals surface area contributed by atoms with Crippen LogP contribution in [0.15, 0.2) is 113 Å². The molecule has 0 aromatic heterocycles. The highest BCUT2D eigenvalue weighted by atomic mass is 32.2. The Labute approximate surface area is 256 Å². The van der Waals surface area contributed by atoms with Crippen molar-refractivity contribution in [2.45, 2.75) is 35.7 Å². The minimum absolute atomic E-state index is 0.0335. The van der Waals surface area contributed by atoms with E-state index in [4.69, 9.17) is 0 Å². The van der Waals surface area contributed by atoms with Gasteiger partial charge in [0.2, 0.25) is 11.8 Å². The van der Waals surface area contributed by atoms with Gasteiger partial charge in [-0.1, -0.05) is 60.2 Å². The lowest BCUT2D eigenvalue weighted by Crippen LogP contribution is -2.53. The molecule has 0 saturated heterocycles. The second-order valence-electron chi connectivity index (χ2n) is 9.99. The second-order valence-corrected chi connectivity index (χ2v) is 12.7. The van der Waals surface area contributed by atoms with E-state index in [1.165, 1.54) is 48.0 Å². The molecule has 43 heavy (non-hydrogen) atoms. The number of hydrogen-bond acceptors (Lipinski definition) is 5. The summed E-state index contributed by atoms with van der Waals surface area (Å²) in [6.45, 7) is 1.30. The average molecular weight is 620 g/mol. The van der Waals surface area contributed by atoms with Crippen LogP contribution < -0.4 is 9.62 Å². The molecule has 0 aliphatic carbocycles. The summed E-state index contributed by atoms with van der Waals surface area (Å²) in [7, 11) is -2.69. The first kappa shape index (κ1) is 31.8. The largest absolute Gasteiger partial charge is 0.357 e. The summed E-state index contributed by atoms with van der Waals surface area (Å²) in [4.78, 5) is 29.8. The van der Waals surface area contributed by atoms with Gasteiger partial charge in [-0.15, -0.1) is 11.8 Å². The standard InChI is InChI=1S/C33H34FN3O4S2/c1-24-9-15-28(16-10-24)37(43(40,41)30-19-17-29(42-3)18-20-30)23-32(38)36(22-26-11-13-27(34)14-12-26)31(33(39)35-2)21-25-7-5-4-6-8-25/h4-20,31H,21-23H2,1-3H3,(H,35,39)/t31-/m1/s1. The van der Waals surface area contributed by atoms with Crippen molar-refractivity contribution < 1.29 is 22.4 Å². The Morgan fingerprint density at radius 3 is 2.07 bits per heavy atom. The maximum absolute atomic E-state index is 14.3. The van der Waals surface area contributed by atoms with Gasteiger partial charge < -0.3 is 10.2 Å². The molecule has 10 heteroatoms. The van der Waals surface area contributed by atoms with Crippen LogP contribution in [0.5, 0.6) is 0 Å². The van der Waals surface area contributed by atoms with E-state index >= 15 is 0 Å². The van der Waals surface area contributed by atoms with Gasteiger partial charge in [-0.3, -0.25) is 13.9 Å². The number of likely N-dealkylation sites (N-methyl/N-ethyl adjacent to an activating group) is 1. The Hall–Kier alpha value is -4.15. The molecule has 0 fully saturated rings. The van der Waals surface area contributed by atoms with Crippen LogP contribution in [0.1, 0.15) is 16.7 Å². The molecule has 7 nitrogen and oxygen atoms in total. The quantitative estimate of drug-likeness (QED) is 0.214. The molecule has 0 aliphatic rings. The van der Waals surface area contributed by atoms with E-state index in [-0.39, 0.29) is 17.9 Å². The van der Waals surface area contributed by atoms with Gasteiger partial charge in [-0.25, -0.2) is 12.8 Å². The van der Waals surface area contributed by atoms with Gasteiger partial charge >= 0.3 is 0 Å². The fourth-order valence-electron chi connectivity index (χ4n) is 4.62. The first-order chi connectivity index (χ1) is 20.6. The number of amides is 2. The molecular weight excluding hydrogens is 586 g/mol. The number of sulfonamides is 1. The summed E-state index contributed by atoms with van der Waals surface area (Å²) >= 11 is 1.49. The van der Waals surface area contributed by atoms with Crippen LogP contribution in [-0.2, 0) is 32.6 Å². The van der Waals surface area contributed by atoms with Crippen LogP contribution in [-0.4, -0.2) is 51.0 Å². The number of thioether (sulfide) groups is 1. The van der Waals surface area contributed by atoms with E-state index in [9.17, 15) is 22.4 Å². The monoisotopic (exact) mass is 619 g/mol. The Bertz CT molecular complexity index is 1630. The molecule has 1 N–H and O–H groups in total. The van der Waals surface area contributed by atoms with E-state index in [1.807, 2.05) is 43.5 Å². The van der Waals surface area contributed by atoms with Crippen molar-refractivity contribution in [3.63, 3.8) is 0 Å². The van der Waals surface area contributed by atoms with Crippen molar-refractivity contribution in [2.24, 2.45) is 0 Å². The maximum Gasteiger partial charge on any atom is 0.264 e. The summed E-state index contributed by atoms with van der Waals surface area (Å²) < 4.78 is 42.9. The summed E-state index contributed by atoms with van der Waals surface area (Å²) in [6.07, 6.45) is 2.09. The third-order valence-corrected chi connectivity index (χ3v) is 9.56. The van der Waals surface area contributed by atoms with Crippen LogP contribution in [0.4, 0.5) is 10.1 Å². The topological polar surface area (TPSA) is 86.8 Å². The number of benzene rings is 4. The van der Waals surface area contributed by atoms with Gasteiger partial charge in [0.15, 0.2) is 0 Å². The molecule has 0 unspecified atom stereocenters. The molecule has 224 valence electrons. The SMILES string of the molecule is CNC(=O)[C@@H](Cc1ccccc1)N(Cc1ccc(F)cc1)C(=O)CN(c1ccc(C)cc1)S(=O)(=O)c1ccc(SC)cc1. The van der Waals surface area contributed by atoms with Crippen LogP contribution >= 0.6 is 11.8 Å². The predicted octanol–water partition coefficient (Wildman–Crippen LogP) is 5.44. The van der Waals surface area contributed by atoms with Crippen LogP contribution in [0, 0.1) is 12.7 Å². The molecule has 1 atom stereocenters. The number of carbonyl (C=O) groups excluding carboxylic acids is 2. The highest BCUT2D eigenvalue weighted by Gasteiger charge is 2.34. The number of hydrogen-bond donors (Lipinski definition) is 1. The average Bonchev–Trinajstić information content (AvgIpc) is 3.03. The fraction of sp³-hybridized carbons (Fsp3) is 0.212. The Morgan fingerprint density at radius 1 is 0.860 bits per heavy atom. The lowest BCUT2D eigenvalue weighted by atomic mass is 10.0. The van der Waals surface area contributed by atoms with Crippen molar-refractivity contribution in [1.29, 1.82) is 0 Å². The van der Waals surface area contributed by atoms with E-state index in [2.05, 4.69) is 5.32 Å². The van der Waals surface area contributed by atoms with E-state index in [0.717, 1.165) is 20.3 Å². The van der Waals surface area contributed by atoms with Gasteiger partial charge in [-0.2, -0.15) is 0 Å². The van der Waals surface area contributed by atoms with E-state index in [0.29, 0.717) is 11.3 Å². The van der Waals surface area contributed by atoms with E-state index < -0.39 is 40.2 Å². The highest BCUT2D eigenvalue weighted by molar-refractivity contribution is 7.98. The highest BCUT2D eigenvalue weighted by Crippen LogP contribution is 2.27. The molecule has 0 bridgehead atoms. The second kappa shape index (κ2) is 14.3.